The van der Waals surface area contributed by atoms with E-state index in [9.17, 15) is 9.59 Å². The molecular formula is C20H23ClN2O3. The Balaban J connectivity index is 2.10. The first kappa shape index (κ1) is 19.8. The Morgan fingerprint density at radius 3 is 2.54 bits per heavy atom. The highest BCUT2D eigenvalue weighted by molar-refractivity contribution is 6.30. The van der Waals surface area contributed by atoms with Crippen molar-refractivity contribution in [2.45, 2.75) is 26.4 Å². The van der Waals surface area contributed by atoms with Crippen LogP contribution in [0.2, 0.25) is 5.02 Å². The number of amides is 2. The summed E-state index contributed by atoms with van der Waals surface area (Å²) in [6.45, 7) is 4.23. The van der Waals surface area contributed by atoms with E-state index >= 15 is 0 Å². The van der Waals surface area contributed by atoms with Crippen LogP contribution in [0.3, 0.4) is 0 Å². The number of halogens is 1. The third-order valence-corrected chi connectivity index (χ3v) is 4.11. The summed E-state index contributed by atoms with van der Waals surface area (Å²) in [4.78, 5) is 26.5. The summed E-state index contributed by atoms with van der Waals surface area (Å²) >= 11 is 5.93. The number of carbonyl (C=O) groups excluding carboxylic acids is 2. The van der Waals surface area contributed by atoms with Gasteiger partial charge in [-0.05, 0) is 37.6 Å². The van der Waals surface area contributed by atoms with Crippen LogP contribution in [0.1, 0.15) is 19.4 Å². The zero-order valence-electron chi connectivity index (χ0n) is 14.9. The van der Waals surface area contributed by atoms with Crippen LogP contribution in [-0.2, 0) is 16.1 Å². The third kappa shape index (κ3) is 5.77. The molecule has 2 rings (SSSR count). The van der Waals surface area contributed by atoms with E-state index in [-0.39, 0.29) is 18.4 Å². The summed E-state index contributed by atoms with van der Waals surface area (Å²) in [6.07, 6.45) is 0. The summed E-state index contributed by atoms with van der Waals surface area (Å²) in [6, 6.07) is 15.8. The van der Waals surface area contributed by atoms with Crippen LogP contribution in [0.25, 0.3) is 0 Å². The van der Waals surface area contributed by atoms with E-state index in [1.165, 1.54) is 4.90 Å². The molecule has 0 saturated heterocycles. The molecule has 0 bridgehead atoms. The fraction of sp³-hybridized carbons (Fsp3) is 0.300. The minimum Gasteiger partial charge on any atom is -0.484 e. The van der Waals surface area contributed by atoms with Crippen molar-refractivity contribution in [1.29, 1.82) is 0 Å². The molecule has 138 valence electrons. The standard InChI is InChI=1S/C20H23ClN2O3/c1-3-22-20(25)15(2)23(13-16-8-5-4-6-9-16)19(24)14-26-18-11-7-10-17(21)12-18/h4-12,15H,3,13-14H2,1-2H3,(H,22,25)/t15-/m0/s1. The normalized spacial score (nSPS) is 11.5. The summed E-state index contributed by atoms with van der Waals surface area (Å²) in [5.41, 5.74) is 0.944. The van der Waals surface area contributed by atoms with Gasteiger partial charge in [0, 0.05) is 18.1 Å². The molecule has 2 aromatic carbocycles. The molecule has 0 saturated carbocycles. The third-order valence-electron chi connectivity index (χ3n) is 3.87. The molecule has 0 spiro atoms. The van der Waals surface area contributed by atoms with E-state index in [4.69, 9.17) is 16.3 Å². The number of likely N-dealkylation sites (N-methyl/N-ethyl adjacent to an activating group) is 1. The van der Waals surface area contributed by atoms with Gasteiger partial charge in [0.05, 0.1) is 0 Å². The number of carbonyl (C=O) groups is 2. The lowest BCUT2D eigenvalue weighted by Gasteiger charge is -2.28. The number of hydrogen-bond acceptors (Lipinski definition) is 3. The van der Waals surface area contributed by atoms with Gasteiger partial charge >= 0.3 is 0 Å². The summed E-state index contributed by atoms with van der Waals surface area (Å²) in [7, 11) is 0. The van der Waals surface area contributed by atoms with Gasteiger partial charge in [0.25, 0.3) is 5.91 Å². The van der Waals surface area contributed by atoms with Gasteiger partial charge in [-0.15, -0.1) is 0 Å². The topological polar surface area (TPSA) is 58.6 Å². The number of nitrogens with zero attached hydrogens (tertiary/aromatic N) is 1. The minimum atomic E-state index is -0.606. The van der Waals surface area contributed by atoms with E-state index < -0.39 is 6.04 Å². The Morgan fingerprint density at radius 2 is 1.88 bits per heavy atom. The van der Waals surface area contributed by atoms with Crippen LogP contribution in [0.4, 0.5) is 0 Å². The minimum absolute atomic E-state index is 0.170. The molecule has 0 aliphatic rings. The summed E-state index contributed by atoms with van der Waals surface area (Å²) < 4.78 is 5.55. The quantitative estimate of drug-likeness (QED) is 0.771. The van der Waals surface area contributed by atoms with E-state index in [1.807, 2.05) is 37.3 Å². The van der Waals surface area contributed by atoms with Crippen molar-refractivity contribution in [1.82, 2.24) is 10.2 Å². The average Bonchev–Trinajstić information content (AvgIpc) is 2.65. The first-order chi connectivity index (χ1) is 12.5. The monoisotopic (exact) mass is 374 g/mol. The van der Waals surface area contributed by atoms with Gasteiger partial charge in [-0.25, -0.2) is 0 Å². The number of rotatable bonds is 8. The Bertz CT molecular complexity index is 737. The van der Waals surface area contributed by atoms with Crippen molar-refractivity contribution < 1.29 is 14.3 Å². The van der Waals surface area contributed by atoms with Gasteiger partial charge in [-0.1, -0.05) is 48.0 Å². The number of ether oxygens (including phenoxy) is 1. The molecule has 2 amide bonds. The fourth-order valence-corrected chi connectivity index (χ4v) is 2.65. The van der Waals surface area contributed by atoms with Gasteiger partial charge in [0.15, 0.2) is 6.61 Å². The van der Waals surface area contributed by atoms with Crippen molar-refractivity contribution in [2.24, 2.45) is 0 Å². The molecule has 0 aliphatic carbocycles. The predicted octanol–water partition coefficient (Wildman–Crippen LogP) is 3.27. The molecule has 0 unspecified atom stereocenters. The van der Waals surface area contributed by atoms with E-state index in [0.717, 1.165) is 5.56 Å². The van der Waals surface area contributed by atoms with E-state index in [2.05, 4.69) is 5.32 Å². The largest absolute Gasteiger partial charge is 0.484 e. The molecule has 2 aromatic rings. The number of hydrogen-bond donors (Lipinski definition) is 1. The Morgan fingerprint density at radius 1 is 1.15 bits per heavy atom. The van der Waals surface area contributed by atoms with Gasteiger partial charge in [-0.3, -0.25) is 9.59 Å². The van der Waals surface area contributed by atoms with E-state index in [0.29, 0.717) is 23.9 Å². The summed E-state index contributed by atoms with van der Waals surface area (Å²) in [5.74, 6) is 0.0447. The maximum Gasteiger partial charge on any atom is 0.261 e. The molecule has 0 aromatic heterocycles. The average molecular weight is 375 g/mol. The Kier molecular flexibility index (Phi) is 7.48. The molecular weight excluding hydrogens is 352 g/mol. The number of benzene rings is 2. The fourth-order valence-electron chi connectivity index (χ4n) is 2.47. The first-order valence-electron chi connectivity index (χ1n) is 8.50. The predicted molar refractivity (Wildman–Crippen MR) is 102 cm³/mol. The molecule has 6 heteroatoms. The smallest absolute Gasteiger partial charge is 0.261 e. The van der Waals surface area contributed by atoms with Gasteiger partial charge in [0.1, 0.15) is 11.8 Å². The zero-order chi connectivity index (χ0) is 18.9. The highest BCUT2D eigenvalue weighted by Gasteiger charge is 2.26. The molecule has 5 nitrogen and oxygen atoms in total. The van der Waals surface area contributed by atoms with Gasteiger partial charge in [-0.2, -0.15) is 0 Å². The van der Waals surface area contributed by atoms with Crippen LogP contribution in [-0.4, -0.2) is 35.9 Å². The number of nitrogens with one attached hydrogen (secondary N) is 1. The van der Waals surface area contributed by atoms with Crippen molar-refractivity contribution >= 4 is 23.4 Å². The van der Waals surface area contributed by atoms with Crippen molar-refractivity contribution in [3.8, 4) is 5.75 Å². The molecule has 26 heavy (non-hydrogen) atoms. The summed E-state index contributed by atoms with van der Waals surface area (Å²) in [5, 5.41) is 3.29. The highest BCUT2D eigenvalue weighted by atomic mass is 35.5. The second kappa shape index (κ2) is 9.82. The lowest BCUT2D eigenvalue weighted by molar-refractivity contribution is -0.142. The van der Waals surface area contributed by atoms with E-state index in [1.54, 1.807) is 31.2 Å². The first-order valence-corrected chi connectivity index (χ1v) is 8.88. The van der Waals surface area contributed by atoms with Gasteiger partial charge < -0.3 is 15.0 Å². The Hall–Kier alpha value is -2.53. The molecule has 0 fully saturated rings. The second-order valence-electron chi connectivity index (χ2n) is 5.82. The van der Waals surface area contributed by atoms with Crippen molar-refractivity contribution in [3.05, 3.63) is 65.2 Å². The SMILES string of the molecule is CCNC(=O)[C@H](C)N(Cc1ccccc1)C(=O)COc1cccc(Cl)c1. The molecule has 0 aliphatic heterocycles. The lowest BCUT2D eigenvalue weighted by atomic mass is 10.1. The molecule has 1 N–H and O–H groups in total. The van der Waals surface area contributed by atoms with Gasteiger partial charge in [0.2, 0.25) is 5.91 Å². The van der Waals surface area contributed by atoms with Crippen LogP contribution >= 0.6 is 11.6 Å². The van der Waals surface area contributed by atoms with Crippen LogP contribution in [0.5, 0.6) is 5.75 Å². The van der Waals surface area contributed by atoms with Crippen molar-refractivity contribution in [2.75, 3.05) is 13.2 Å². The maximum atomic E-state index is 12.7. The second-order valence-corrected chi connectivity index (χ2v) is 6.26. The lowest BCUT2D eigenvalue weighted by Crippen LogP contribution is -2.49. The van der Waals surface area contributed by atoms with Crippen LogP contribution in [0, 0.1) is 0 Å². The molecule has 0 radical (unpaired) electrons. The van der Waals surface area contributed by atoms with Crippen LogP contribution < -0.4 is 10.1 Å². The van der Waals surface area contributed by atoms with Crippen molar-refractivity contribution in [3.63, 3.8) is 0 Å². The highest BCUT2D eigenvalue weighted by Crippen LogP contribution is 2.17. The molecule has 1 atom stereocenters. The molecule has 0 heterocycles. The maximum absolute atomic E-state index is 12.7. The Labute approximate surface area is 158 Å². The van der Waals surface area contributed by atoms with Crippen LogP contribution in [0.15, 0.2) is 54.6 Å². The zero-order valence-corrected chi connectivity index (χ0v) is 15.7.